The second kappa shape index (κ2) is 12.4. The maximum atomic E-state index is 6.49. The standard InChI is InChI=1S/C13H21Cl2Si.C5H5.Fe/c1-3-4-7-10-16(14,15)11-12(2)13-8-5-6-9-13;1-2-4-5-3-1;/h5-6,8-9,12H,3-4,7,10-11H2,1-2H3;1-5H;/q2*-1;+2. The molecule has 0 saturated carbocycles. The second-order valence-electron chi connectivity index (χ2n) is 5.60. The quantitative estimate of drug-likeness (QED) is 0.204. The molecule has 22 heavy (non-hydrogen) atoms. The molecule has 0 aliphatic carbocycles. The third-order valence-electron chi connectivity index (χ3n) is 3.56. The number of unbranched alkanes of at least 4 members (excludes halogenated alkanes) is 2. The zero-order valence-electron chi connectivity index (χ0n) is 13.4. The topological polar surface area (TPSA) is 0 Å². The minimum Gasteiger partial charge on any atom is -0.214 e. The van der Waals surface area contributed by atoms with Crippen LogP contribution >= 0.6 is 22.2 Å². The van der Waals surface area contributed by atoms with E-state index in [2.05, 4.69) is 38.1 Å². The molecule has 0 nitrogen and oxygen atoms in total. The van der Waals surface area contributed by atoms with Crippen LogP contribution in [-0.2, 0) is 17.1 Å². The van der Waals surface area contributed by atoms with Gasteiger partial charge < -0.3 is 0 Å². The van der Waals surface area contributed by atoms with E-state index in [1.807, 2.05) is 30.3 Å². The first-order chi connectivity index (χ1) is 10.0. The molecule has 0 radical (unpaired) electrons. The van der Waals surface area contributed by atoms with E-state index in [4.69, 9.17) is 22.2 Å². The molecule has 0 amide bonds. The molecule has 2 aromatic rings. The number of hydrogen-bond donors (Lipinski definition) is 0. The van der Waals surface area contributed by atoms with Crippen LogP contribution in [-0.4, -0.2) is 6.69 Å². The van der Waals surface area contributed by atoms with Crippen LogP contribution in [0.25, 0.3) is 0 Å². The van der Waals surface area contributed by atoms with Gasteiger partial charge in [0.25, 0.3) is 6.69 Å². The summed E-state index contributed by atoms with van der Waals surface area (Å²) in [4.78, 5) is 0. The van der Waals surface area contributed by atoms with Gasteiger partial charge in [-0.15, -0.1) is 22.2 Å². The van der Waals surface area contributed by atoms with Crippen LogP contribution in [0.5, 0.6) is 0 Å². The zero-order valence-corrected chi connectivity index (χ0v) is 17.0. The van der Waals surface area contributed by atoms with Crippen LogP contribution in [0.2, 0.25) is 12.1 Å². The van der Waals surface area contributed by atoms with Crippen LogP contribution in [0.15, 0.2) is 54.6 Å². The van der Waals surface area contributed by atoms with Crippen LogP contribution in [0.1, 0.15) is 44.6 Å². The van der Waals surface area contributed by atoms with Gasteiger partial charge in [-0.05, 0) is 12.1 Å². The summed E-state index contributed by atoms with van der Waals surface area (Å²) in [5.41, 5.74) is 1.37. The molecule has 124 valence electrons. The van der Waals surface area contributed by atoms with E-state index in [-0.39, 0.29) is 17.1 Å². The van der Waals surface area contributed by atoms with E-state index in [0.717, 1.165) is 12.1 Å². The second-order valence-corrected chi connectivity index (χ2v) is 13.1. The van der Waals surface area contributed by atoms with Gasteiger partial charge in [-0.1, -0.05) is 39.0 Å². The summed E-state index contributed by atoms with van der Waals surface area (Å²) in [6.07, 6.45) is 3.67. The molecule has 1 unspecified atom stereocenters. The average molecular weight is 397 g/mol. The number of rotatable bonds is 7. The van der Waals surface area contributed by atoms with Gasteiger partial charge in [0.15, 0.2) is 0 Å². The van der Waals surface area contributed by atoms with Crippen LogP contribution in [0.3, 0.4) is 0 Å². The summed E-state index contributed by atoms with van der Waals surface area (Å²) in [6.45, 7) is 2.42. The Morgan fingerprint density at radius 3 is 2.23 bits per heavy atom. The largest absolute Gasteiger partial charge is 2.00 e. The van der Waals surface area contributed by atoms with Crippen molar-refractivity contribution in [2.75, 3.05) is 0 Å². The molecule has 0 fully saturated rings. The Bertz CT molecular complexity index is 420. The van der Waals surface area contributed by atoms with Crippen molar-refractivity contribution in [3.05, 3.63) is 60.2 Å². The van der Waals surface area contributed by atoms with Crippen molar-refractivity contribution in [3.8, 4) is 0 Å². The average Bonchev–Trinajstić information content (AvgIpc) is 3.14. The summed E-state index contributed by atoms with van der Waals surface area (Å²) in [5, 5.41) is 0. The number of halogens is 2. The fraction of sp³-hybridized carbons (Fsp3) is 0.444. The minimum atomic E-state index is -2.02. The Morgan fingerprint density at radius 2 is 1.77 bits per heavy atom. The van der Waals surface area contributed by atoms with Gasteiger partial charge in [-0.25, -0.2) is 18.2 Å². The molecule has 0 heterocycles. The normalized spacial score (nSPS) is 12.0. The zero-order chi connectivity index (χ0) is 15.6. The summed E-state index contributed by atoms with van der Waals surface area (Å²) in [7, 11) is 0. The van der Waals surface area contributed by atoms with Crippen molar-refractivity contribution in [1.29, 1.82) is 0 Å². The minimum absolute atomic E-state index is 0. The van der Waals surface area contributed by atoms with Gasteiger partial charge >= 0.3 is 17.1 Å². The van der Waals surface area contributed by atoms with E-state index in [1.165, 1.54) is 24.8 Å². The van der Waals surface area contributed by atoms with Crippen molar-refractivity contribution in [2.24, 2.45) is 0 Å². The fourth-order valence-electron chi connectivity index (χ4n) is 2.34. The van der Waals surface area contributed by atoms with E-state index >= 15 is 0 Å². The van der Waals surface area contributed by atoms with E-state index < -0.39 is 6.69 Å². The van der Waals surface area contributed by atoms with Crippen molar-refractivity contribution < 1.29 is 17.1 Å². The number of hydrogen-bond acceptors (Lipinski definition) is 0. The molecule has 0 bridgehead atoms. The van der Waals surface area contributed by atoms with Gasteiger partial charge in [0.2, 0.25) is 0 Å². The molecule has 0 saturated heterocycles. The molecule has 0 spiro atoms. The Kier molecular flexibility index (Phi) is 12.4. The predicted molar refractivity (Wildman–Crippen MR) is 99.1 cm³/mol. The Labute approximate surface area is 156 Å². The smallest absolute Gasteiger partial charge is 0.214 e. The van der Waals surface area contributed by atoms with E-state index in [1.54, 1.807) is 0 Å². The first-order valence-electron chi connectivity index (χ1n) is 7.81. The van der Waals surface area contributed by atoms with Gasteiger partial charge in [-0.3, -0.25) is 0 Å². The van der Waals surface area contributed by atoms with Gasteiger partial charge in [0.1, 0.15) is 0 Å². The summed E-state index contributed by atoms with van der Waals surface area (Å²) < 4.78 is 0. The Balaban J connectivity index is 0.000000622. The molecule has 2 aromatic carbocycles. The third kappa shape index (κ3) is 9.92. The molecule has 4 heteroatoms. The molecule has 2 rings (SSSR count). The van der Waals surface area contributed by atoms with Crippen LogP contribution < -0.4 is 0 Å². The third-order valence-corrected chi connectivity index (χ3v) is 7.92. The Hall–Kier alpha value is 0.0164. The SMILES string of the molecule is CCCCC[Si](Cl)(Cl)CC(C)c1cc[cH-]c1.[Fe+2].c1cc[cH-]c1. The molecule has 0 aliphatic rings. The molecule has 1 atom stereocenters. The van der Waals surface area contributed by atoms with Crippen LogP contribution in [0, 0.1) is 0 Å². The van der Waals surface area contributed by atoms with Crippen molar-refractivity contribution in [2.45, 2.75) is 51.1 Å². The maximum Gasteiger partial charge on any atom is 2.00 e. The summed E-state index contributed by atoms with van der Waals surface area (Å²) >= 11 is 13.0. The summed E-state index contributed by atoms with van der Waals surface area (Å²) in [6, 6.07) is 20.5. The Morgan fingerprint density at radius 1 is 1.09 bits per heavy atom. The fourth-order valence-corrected chi connectivity index (χ4v) is 6.63. The van der Waals surface area contributed by atoms with Gasteiger partial charge in [-0.2, -0.15) is 42.0 Å². The molecule has 0 aromatic heterocycles. The van der Waals surface area contributed by atoms with Crippen molar-refractivity contribution in [3.63, 3.8) is 0 Å². The maximum absolute atomic E-state index is 6.49. The van der Waals surface area contributed by atoms with Crippen molar-refractivity contribution in [1.82, 2.24) is 0 Å². The van der Waals surface area contributed by atoms with Crippen molar-refractivity contribution >= 4 is 28.9 Å². The van der Waals surface area contributed by atoms with Gasteiger partial charge in [0, 0.05) is 0 Å². The molecular formula is C18H26Cl2FeSi. The first-order valence-corrected chi connectivity index (χ1v) is 12.2. The van der Waals surface area contributed by atoms with E-state index in [0.29, 0.717) is 5.92 Å². The molecule has 0 aliphatic heterocycles. The first kappa shape index (κ1) is 22.0. The monoisotopic (exact) mass is 396 g/mol. The van der Waals surface area contributed by atoms with Crippen LogP contribution in [0.4, 0.5) is 0 Å². The van der Waals surface area contributed by atoms with Gasteiger partial charge in [0.05, 0.1) is 0 Å². The van der Waals surface area contributed by atoms with E-state index in [9.17, 15) is 0 Å². The summed E-state index contributed by atoms with van der Waals surface area (Å²) in [5.74, 6) is 0.498. The molecular weight excluding hydrogens is 371 g/mol. The predicted octanol–water partition coefficient (Wildman–Crippen LogP) is 7.02. The molecule has 0 N–H and O–H groups in total.